The summed E-state index contributed by atoms with van der Waals surface area (Å²) >= 11 is 0. The van der Waals surface area contributed by atoms with E-state index in [4.69, 9.17) is 0 Å². The number of carbonyl (C=O) groups excluding carboxylic acids is 2. The van der Waals surface area contributed by atoms with Crippen LogP contribution < -0.4 is 10.2 Å². The molecule has 1 N–H and O–H groups in total. The fourth-order valence-electron chi connectivity index (χ4n) is 4.37. The lowest BCUT2D eigenvalue weighted by Gasteiger charge is -2.33. The van der Waals surface area contributed by atoms with Crippen LogP contribution in [0.25, 0.3) is 0 Å². The van der Waals surface area contributed by atoms with Gasteiger partial charge in [0, 0.05) is 25.1 Å². The summed E-state index contributed by atoms with van der Waals surface area (Å²) in [4.78, 5) is 26.7. The van der Waals surface area contributed by atoms with Crippen molar-refractivity contribution in [2.24, 2.45) is 5.92 Å². The van der Waals surface area contributed by atoms with Crippen molar-refractivity contribution in [3.05, 3.63) is 65.0 Å². The van der Waals surface area contributed by atoms with Crippen molar-refractivity contribution in [1.29, 1.82) is 0 Å². The molecule has 1 aliphatic carbocycles. The molecule has 1 heterocycles. The number of hydrogen-bond donors (Lipinski definition) is 1. The lowest BCUT2D eigenvalue weighted by atomic mass is 9.80. The number of amides is 2. The van der Waals surface area contributed by atoms with Crippen molar-refractivity contribution in [1.82, 2.24) is 5.32 Å². The summed E-state index contributed by atoms with van der Waals surface area (Å²) in [6.45, 7) is 2.48. The van der Waals surface area contributed by atoms with Gasteiger partial charge in [-0.2, -0.15) is 0 Å². The Morgan fingerprint density at radius 1 is 1.14 bits per heavy atom. The number of anilines is 1. The topological polar surface area (TPSA) is 49.4 Å². The fourth-order valence-corrected chi connectivity index (χ4v) is 4.37. The van der Waals surface area contributed by atoms with Crippen molar-refractivity contribution in [2.45, 2.75) is 45.1 Å². The Balaban J connectivity index is 1.44. The van der Waals surface area contributed by atoms with Gasteiger partial charge in [0.15, 0.2) is 0 Å². The minimum atomic E-state index is -0.296. The maximum atomic E-state index is 13.5. The first-order chi connectivity index (χ1) is 13.5. The predicted molar refractivity (Wildman–Crippen MR) is 107 cm³/mol. The van der Waals surface area contributed by atoms with Crippen LogP contribution >= 0.6 is 0 Å². The van der Waals surface area contributed by atoms with Gasteiger partial charge in [0.25, 0.3) is 0 Å². The number of nitrogens with one attached hydrogen (secondary N) is 1. The van der Waals surface area contributed by atoms with Gasteiger partial charge >= 0.3 is 0 Å². The Labute approximate surface area is 164 Å². The van der Waals surface area contributed by atoms with Gasteiger partial charge < -0.3 is 10.2 Å². The maximum absolute atomic E-state index is 13.5. The van der Waals surface area contributed by atoms with Gasteiger partial charge in [0.05, 0.1) is 6.04 Å². The molecule has 4 nitrogen and oxygen atoms in total. The van der Waals surface area contributed by atoms with Crippen LogP contribution in [0, 0.1) is 11.7 Å². The molecule has 146 valence electrons. The summed E-state index contributed by atoms with van der Waals surface area (Å²) in [5.74, 6) is 0.00814. The normalized spacial score (nSPS) is 21.1. The quantitative estimate of drug-likeness (QED) is 0.874. The van der Waals surface area contributed by atoms with Crippen LogP contribution in [0.5, 0.6) is 0 Å². The van der Waals surface area contributed by atoms with Crippen LogP contribution in [0.3, 0.4) is 0 Å². The van der Waals surface area contributed by atoms with E-state index in [0.29, 0.717) is 25.3 Å². The summed E-state index contributed by atoms with van der Waals surface area (Å²) in [6.07, 6.45) is 3.22. The Bertz CT molecular complexity index is 911. The van der Waals surface area contributed by atoms with E-state index in [1.165, 1.54) is 23.3 Å². The van der Waals surface area contributed by atoms with Crippen LogP contribution in [0.15, 0.2) is 42.5 Å². The number of nitrogens with zero attached hydrogens (tertiary/aromatic N) is 1. The highest BCUT2D eigenvalue weighted by Gasteiger charge is 2.29. The second kappa shape index (κ2) is 7.74. The lowest BCUT2D eigenvalue weighted by molar-refractivity contribution is -0.122. The second-order valence-electron chi connectivity index (χ2n) is 7.83. The zero-order chi connectivity index (χ0) is 19.7. The Hall–Kier alpha value is -2.69. The number of halogens is 1. The van der Waals surface area contributed by atoms with Crippen molar-refractivity contribution >= 4 is 17.5 Å². The highest BCUT2D eigenvalue weighted by molar-refractivity contribution is 5.97. The first-order valence-electron chi connectivity index (χ1n) is 9.99. The third kappa shape index (κ3) is 3.66. The van der Waals surface area contributed by atoms with Crippen molar-refractivity contribution < 1.29 is 14.0 Å². The van der Waals surface area contributed by atoms with E-state index in [1.807, 2.05) is 12.1 Å². The van der Waals surface area contributed by atoms with E-state index in [2.05, 4.69) is 24.4 Å². The third-order valence-electron chi connectivity index (χ3n) is 5.95. The molecule has 0 aromatic heterocycles. The molecule has 4 rings (SSSR count). The average Bonchev–Trinajstić information content (AvgIpc) is 2.69. The molecular weight excluding hydrogens is 355 g/mol. The summed E-state index contributed by atoms with van der Waals surface area (Å²) in [7, 11) is 0. The molecule has 0 spiro atoms. The molecule has 0 saturated heterocycles. The molecule has 2 atom stereocenters. The number of fused-ring (bicyclic) bond motifs is 2. The molecule has 0 unspecified atom stereocenters. The first kappa shape index (κ1) is 18.7. The van der Waals surface area contributed by atoms with E-state index in [-0.39, 0.29) is 30.1 Å². The zero-order valence-electron chi connectivity index (χ0n) is 16.1. The maximum Gasteiger partial charge on any atom is 0.227 e. The van der Waals surface area contributed by atoms with Crippen LogP contribution in [-0.4, -0.2) is 18.4 Å². The first-order valence-corrected chi connectivity index (χ1v) is 9.99. The molecule has 0 fully saturated rings. The monoisotopic (exact) mass is 380 g/mol. The van der Waals surface area contributed by atoms with E-state index < -0.39 is 0 Å². The zero-order valence-corrected chi connectivity index (χ0v) is 16.1. The largest absolute Gasteiger partial charge is 0.349 e. The highest BCUT2D eigenvalue weighted by atomic mass is 19.1. The number of hydrogen-bond acceptors (Lipinski definition) is 2. The fraction of sp³-hybridized carbons (Fsp3) is 0.391. The summed E-state index contributed by atoms with van der Waals surface area (Å²) in [5.41, 5.74) is 4.05. The van der Waals surface area contributed by atoms with Gasteiger partial charge in [-0.05, 0) is 60.1 Å². The minimum absolute atomic E-state index is 0.0101. The van der Waals surface area contributed by atoms with Gasteiger partial charge in [-0.15, -0.1) is 0 Å². The molecule has 2 aromatic carbocycles. The number of carbonyl (C=O) groups is 2. The molecule has 0 saturated carbocycles. The Morgan fingerprint density at radius 3 is 2.82 bits per heavy atom. The molecule has 5 heteroatoms. The van der Waals surface area contributed by atoms with Crippen LogP contribution in [-0.2, 0) is 22.4 Å². The average molecular weight is 380 g/mol. The van der Waals surface area contributed by atoms with Gasteiger partial charge in [-0.25, -0.2) is 4.39 Å². The molecule has 2 amide bonds. The Kier molecular flexibility index (Phi) is 5.16. The molecular formula is C23H25FN2O2. The number of benzene rings is 2. The van der Waals surface area contributed by atoms with E-state index in [9.17, 15) is 14.0 Å². The van der Waals surface area contributed by atoms with Crippen LogP contribution in [0.2, 0.25) is 0 Å². The van der Waals surface area contributed by atoms with Gasteiger partial charge in [0.2, 0.25) is 11.8 Å². The minimum Gasteiger partial charge on any atom is -0.349 e. The molecule has 1 aliphatic heterocycles. The highest BCUT2D eigenvalue weighted by Crippen LogP contribution is 2.34. The molecule has 28 heavy (non-hydrogen) atoms. The number of aryl methyl sites for hydroxylation is 2. The van der Waals surface area contributed by atoms with E-state index in [0.717, 1.165) is 24.1 Å². The van der Waals surface area contributed by atoms with Crippen molar-refractivity contribution in [3.63, 3.8) is 0 Å². The van der Waals surface area contributed by atoms with Crippen LogP contribution in [0.4, 0.5) is 10.1 Å². The van der Waals surface area contributed by atoms with Gasteiger partial charge in [-0.3, -0.25) is 9.59 Å². The smallest absolute Gasteiger partial charge is 0.227 e. The molecule has 0 radical (unpaired) electrons. The molecule has 2 aliphatic rings. The van der Waals surface area contributed by atoms with E-state index >= 15 is 0 Å². The Morgan fingerprint density at radius 2 is 1.96 bits per heavy atom. The van der Waals surface area contributed by atoms with E-state index in [1.54, 1.807) is 11.0 Å². The van der Waals surface area contributed by atoms with Crippen LogP contribution in [0.1, 0.15) is 48.9 Å². The summed E-state index contributed by atoms with van der Waals surface area (Å²) in [5, 5.41) is 3.18. The summed E-state index contributed by atoms with van der Waals surface area (Å²) < 4.78 is 13.5. The lowest BCUT2D eigenvalue weighted by Crippen LogP contribution is -2.40. The number of rotatable bonds is 4. The third-order valence-corrected chi connectivity index (χ3v) is 5.95. The van der Waals surface area contributed by atoms with Gasteiger partial charge in [0.1, 0.15) is 5.82 Å². The molecule has 0 bridgehead atoms. The van der Waals surface area contributed by atoms with Crippen molar-refractivity contribution in [2.75, 3.05) is 11.4 Å². The summed E-state index contributed by atoms with van der Waals surface area (Å²) in [6, 6.07) is 12.8. The standard InChI is InChI=1S/C23H25FN2O2/c1-15-6-7-16-4-2-3-5-19(16)23(15)25-21(27)12-13-26-20-10-9-18(24)14-17(20)8-11-22(26)28/h2-5,9-10,14-15,23H,6-8,11-13H2,1H3,(H,25,27)/t15-,23+/m1/s1. The second-order valence-corrected chi connectivity index (χ2v) is 7.83. The van der Waals surface area contributed by atoms with Crippen molar-refractivity contribution in [3.8, 4) is 0 Å². The SMILES string of the molecule is C[C@@H]1CCc2ccccc2[C@H]1NC(=O)CCN1C(=O)CCc2cc(F)ccc21. The molecule has 2 aromatic rings. The van der Waals surface area contributed by atoms with Gasteiger partial charge in [-0.1, -0.05) is 31.2 Å². The predicted octanol–water partition coefficient (Wildman–Crippen LogP) is 3.93.